The maximum Gasteiger partial charge on any atom is 0.270 e. The van der Waals surface area contributed by atoms with E-state index in [1.807, 2.05) is 17.9 Å². The Morgan fingerprint density at radius 3 is 2.72 bits per heavy atom. The first-order chi connectivity index (χ1) is 17.4. The molecule has 0 saturated carbocycles. The molecule has 1 aromatic heterocycles. The Hall–Kier alpha value is -3.24. The highest BCUT2D eigenvalue weighted by Crippen LogP contribution is 2.24. The van der Waals surface area contributed by atoms with E-state index in [4.69, 9.17) is 4.74 Å². The summed E-state index contributed by atoms with van der Waals surface area (Å²) in [6.45, 7) is 7.86. The minimum absolute atomic E-state index is 0.0952. The van der Waals surface area contributed by atoms with Gasteiger partial charge >= 0.3 is 0 Å². The molecule has 10 heteroatoms. The van der Waals surface area contributed by atoms with E-state index in [9.17, 15) is 14.7 Å². The number of nitrogens with one attached hydrogen (secondary N) is 2. The number of nitrogens with zero attached hydrogens (tertiary/aromatic N) is 4. The molecule has 0 radical (unpaired) electrons. The molecule has 0 bridgehead atoms. The zero-order chi connectivity index (χ0) is 25.5. The molecule has 2 aliphatic heterocycles. The first-order valence-electron chi connectivity index (χ1n) is 12.7. The second-order valence-electron chi connectivity index (χ2n) is 9.43. The predicted molar refractivity (Wildman–Crippen MR) is 136 cm³/mol. The number of rotatable bonds is 9. The van der Waals surface area contributed by atoms with Crippen molar-refractivity contribution in [2.75, 3.05) is 44.6 Å². The Labute approximate surface area is 212 Å². The van der Waals surface area contributed by atoms with Crippen molar-refractivity contribution in [3.63, 3.8) is 0 Å². The number of hydrogen-bond acceptors (Lipinski definition) is 8. The van der Waals surface area contributed by atoms with Crippen molar-refractivity contribution in [1.82, 2.24) is 25.1 Å². The summed E-state index contributed by atoms with van der Waals surface area (Å²) in [7, 11) is 0. The van der Waals surface area contributed by atoms with Crippen molar-refractivity contribution in [2.24, 2.45) is 0 Å². The lowest BCUT2D eigenvalue weighted by molar-refractivity contribution is -0.129. The number of aliphatic hydroxyl groups is 1. The number of aromatic nitrogens is 2. The largest absolute Gasteiger partial charge is 0.494 e. The van der Waals surface area contributed by atoms with Crippen LogP contribution in [0.5, 0.6) is 5.75 Å². The third kappa shape index (κ3) is 6.92. The van der Waals surface area contributed by atoms with E-state index in [2.05, 4.69) is 37.6 Å². The number of carbonyl (C=O) groups excluding carboxylic acids is 2. The summed E-state index contributed by atoms with van der Waals surface area (Å²) in [4.78, 5) is 36.5. The molecular weight excluding hydrogens is 460 g/mol. The molecule has 4 rings (SSSR count). The number of carbonyl (C=O) groups is 2. The quantitative estimate of drug-likeness (QED) is 0.477. The molecule has 10 nitrogen and oxygen atoms in total. The van der Waals surface area contributed by atoms with Crippen LogP contribution < -0.4 is 15.4 Å². The van der Waals surface area contributed by atoms with Gasteiger partial charge in [-0.2, -0.15) is 0 Å². The monoisotopic (exact) mass is 496 g/mol. The normalized spacial score (nSPS) is 17.2. The molecule has 1 saturated heterocycles. The first-order valence-corrected chi connectivity index (χ1v) is 12.7. The Balaban J connectivity index is 1.22. The number of benzene rings is 1. The second kappa shape index (κ2) is 12.1. The molecule has 194 valence electrons. The molecular formula is C26H36N6O4. The van der Waals surface area contributed by atoms with Gasteiger partial charge in [-0.15, -0.1) is 0 Å². The minimum Gasteiger partial charge on any atom is -0.494 e. The maximum atomic E-state index is 12.6. The zero-order valence-electron chi connectivity index (χ0n) is 21.1. The van der Waals surface area contributed by atoms with Crippen molar-refractivity contribution in [2.45, 2.75) is 51.8 Å². The summed E-state index contributed by atoms with van der Waals surface area (Å²) < 4.78 is 5.59. The number of hydrogen-bond donors (Lipinski definition) is 3. The number of aliphatic hydroxyl groups excluding tert-OH is 1. The van der Waals surface area contributed by atoms with Crippen LogP contribution in [0.2, 0.25) is 0 Å². The van der Waals surface area contributed by atoms with Crippen LogP contribution >= 0.6 is 0 Å². The van der Waals surface area contributed by atoms with E-state index in [0.717, 1.165) is 38.1 Å². The van der Waals surface area contributed by atoms with Gasteiger partial charge in [0.25, 0.3) is 5.91 Å². The molecule has 0 aliphatic carbocycles. The molecule has 3 N–H and O–H groups in total. The molecule has 1 fully saturated rings. The van der Waals surface area contributed by atoms with Crippen molar-refractivity contribution in [3.05, 3.63) is 47.4 Å². The Bertz CT molecular complexity index is 1060. The number of fused-ring (bicyclic) bond motifs is 1. The average Bonchev–Trinajstić information content (AvgIpc) is 2.88. The summed E-state index contributed by atoms with van der Waals surface area (Å²) in [5.41, 5.74) is 2.78. The Kier molecular flexibility index (Phi) is 8.71. The smallest absolute Gasteiger partial charge is 0.270 e. The van der Waals surface area contributed by atoms with Gasteiger partial charge in [-0.25, -0.2) is 9.97 Å². The number of piperidine rings is 1. The average molecular weight is 497 g/mol. The first kappa shape index (κ1) is 25.8. The Morgan fingerprint density at radius 1 is 1.17 bits per heavy atom. The van der Waals surface area contributed by atoms with Crippen molar-refractivity contribution < 1.29 is 19.4 Å². The van der Waals surface area contributed by atoms with Crippen LogP contribution in [0.1, 0.15) is 48.3 Å². The van der Waals surface area contributed by atoms with Gasteiger partial charge < -0.3 is 25.4 Å². The van der Waals surface area contributed by atoms with Gasteiger partial charge in [-0.3, -0.25) is 14.5 Å². The molecule has 2 amide bonds. The molecule has 3 heterocycles. The van der Waals surface area contributed by atoms with E-state index in [1.54, 1.807) is 13.0 Å². The number of amides is 2. The van der Waals surface area contributed by atoms with Crippen LogP contribution in [0.15, 0.2) is 30.6 Å². The summed E-state index contributed by atoms with van der Waals surface area (Å²) in [5, 5.41) is 16.7. The predicted octanol–water partition coefficient (Wildman–Crippen LogP) is 1.45. The zero-order valence-corrected chi connectivity index (χ0v) is 21.1. The van der Waals surface area contributed by atoms with Crippen molar-refractivity contribution in [1.29, 1.82) is 0 Å². The molecule has 2 aliphatic rings. The van der Waals surface area contributed by atoms with Gasteiger partial charge in [0, 0.05) is 58.3 Å². The van der Waals surface area contributed by atoms with Crippen molar-refractivity contribution in [3.8, 4) is 5.75 Å². The third-order valence-corrected chi connectivity index (χ3v) is 6.74. The highest BCUT2D eigenvalue weighted by molar-refractivity contribution is 5.92. The van der Waals surface area contributed by atoms with Crippen LogP contribution in [0.25, 0.3) is 0 Å². The molecule has 1 aromatic carbocycles. The van der Waals surface area contributed by atoms with Gasteiger partial charge in [0.1, 0.15) is 23.6 Å². The summed E-state index contributed by atoms with van der Waals surface area (Å²) in [6, 6.07) is 7.99. The van der Waals surface area contributed by atoms with Gasteiger partial charge in [0.05, 0.1) is 12.7 Å². The SMILES string of the molecule is CCOc1ccc2c(c1)CCN(C[C@@H](O)CNC(=O)c1cc(NC3CCN(C(C)=O)CC3)ncn1)C2. The molecule has 0 spiro atoms. The highest BCUT2D eigenvalue weighted by atomic mass is 16.5. The fourth-order valence-electron chi connectivity index (χ4n) is 4.77. The fraction of sp³-hybridized carbons (Fsp3) is 0.538. The van der Waals surface area contributed by atoms with E-state index in [-0.39, 0.29) is 30.1 Å². The number of ether oxygens (including phenoxy) is 1. The lowest BCUT2D eigenvalue weighted by atomic mass is 9.99. The van der Waals surface area contributed by atoms with Crippen LogP contribution in [-0.4, -0.2) is 88.2 Å². The van der Waals surface area contributed by atoms with Gasteiger partial charge in [0.2, 0.25) is 5.91 Å². The molecule has 0 unspecified atom stereocenters. The van der Waals surface area contributed by atoms with Crippen LogP contribution in [-0.2, 0) is 17.8 Å². The summed E-state index contributed by atoms with van der Waals surface area (Å²) in [6.07, 6.45) is 3.22. The van der Waals surface area contributed by atoms with E-state index in [0.29, 0.717) is 32.1 Å². The molecule has 36 heavy (non-hydrogen) atoms. The van der Waals surface area contributed by atoms with Gasteiger partial charge in [-0.1, -0.05) is 6.07 Å². The summed E-state index contributed by atoms with van der Waals surface area (Å²) in [5.74, 6) is 1.22. The third-order valence-electron chi connectivity index (χ3n) is 6.74. The topological polar surface area (TPSA) is 120 Å². The van der Waals surface area contributed by atoms with E-state index >= 15 is 0 Å². The van der Waals surface area contributed by atoms with Crippen molar-refractivity contribution >= 4 is 17.6 Å². The fourth-order valence-corrected chi connectivity index (χ4v) is 4.77. The van der Waals surface area contributed by atoms with Crippen LogP contribution in [0.4, 0.5) is 5.82 Å². The van der Waals surface area contributed by atoms with Crippen LogP contribution in [0, 0.1) is 0 Å². The molecule has 2 aromatic rings. The maximum absolute atomic E-state index is 12.6. The highest BCUT2D eigenvalue weighted by Gasteiger charge is 2.22. The number of likely N-dealkylation sites (tertiary alicyclic amines) is 1. The lowest BCUT2D eigenvalue weighted by Gasteiger charge is -2.31. The van der Waals surface area contributed by atoms with Gasteiger partial charge in [-0.05, 0) is 49.4 Å². The lowest BCUT2D eigenvalue weighted by Crippen LogP contribution is -2.42. The van der Waals surface area contributed by atoms with Gasteiger partial charge in [0.15, 0.2) is 0 Å². The number of anilines is 1. The standard InChI is InChI=1S/C26H36N6O4/c1-3-36-23-5-4-20-15-31(9-6-19(20)12-23)16-22(34)14-27-26(35)24-13-25(29-17-28-24)30-21-7-10-32(11-8-21)18(2)33/h4-5,12-13,17,21-22,34H,3,6-11,14-16H2,1-2H3,(H,27,35)(H,28,29,30)/t22-/m0/s1. The Morgan fingerprint density at radius 2 is 1.97 bits per heavy atom. The number of β-amino-alcohol motifs (C(OH)–C–C–N with tert-alkyl or cyclic N) is 1. The van der Waals surface area contributed by atoms with Crippen LogP contribution in [0.3, 0.4) is 0 Å². The van der Waals surface area contributed by atoms with E-state index < -0.39 is 6.10 Å². The summed E-state index contributed by atoms with van der Waals surface area (Å²) >= 11 is 0. The second-order valence-corrected chi connectivity index (χ2v) is 9.43. The minimum atomic E-state index is -0.691. The van der Waals surface area contributed by atoms with E-state index in [1.165, 1.54) is 17.5 Å². The molecule has 1 atom stereocenters.